The summed E-state index contributed by atoms with van der Waals surface area (Å²) in [7, 11) is 0. The van der Waals surface area contributed by atoms with Crippen molar-refractivity contribution in [2.45, 2.75) is 71.1 Å². The molecule has 2 rings (SSSR count). The maximum Gasteiger partial charge on any atom is 0.0431 e. The number of aromatic nitrogens is 1. The van der Waals surface area contributed by atoms with Gasteiger partial charge in [0.25, 0.3) is 0 Å². The normalized spacial score (nSPS) is 17.8. The lowest BCUT2D eigenvalue weighted by Gasteiger charge is -2.14. The molecule has 1 heterocycles. The average molecular weight is 231 g/mol. The molecule has 0 aromatic carbocycles. The lowest BCUT2D eigenvalue weighted by atomic mass is 9.94. The third kappa shape index (κ3) is 3.55. The first kappa shape index (κ1) is 12.6. The Morgan fingerprint density at radius 2 is 1.47 bits per heavy atom. The van der Waals surface area contributed by atoms with Crippen LogP contribution in [0.4, 0.5) is 0 Å². The summed E-state index contributed by atoms with van der Waals surface area (Å²) in [6.45, 7) is 4.46. The lowest BCUT2D eigenvalue weighted by molar-refractivity contribution is 0.579. The van der Waals surface area contributed by atoms with E-state index in [1.807, 2.05) is 0 Å². The quantitative estimate of drug-likeness (QED) is 0.686. The van der Waals surface area contributed by atoms with Crippen LogP contribution in [-0.2, 0) is 12.8 Å². The fourth-order valence-corrected chi connectivity index (χ4v) is 2.66. The minimum Gasteiger partial charge on any atom is -0.261 e. The van der Waals surface area contributed by atoms with Crippen LogP contribution in [0.3, 0.4) is 0 Å². The van der Waals surface area contributed by atoms with Crippen molar-refractivity contribution < 1.29 is 0 Å². The van der Waals surface area contributed by atoms with E-state index in [9.17, 15) is 0 Å². The molecule has 0 spiro atoms. The van der Waals surface area contributed by atoms with E-state index in [0.717, 1.165) is 0 Å². The first-order valence-electron chi connectivity index (χ1n) is 7.25. The maximum absolute atomic E-state index is 4.62. The van der Waals surface area contributed by atoms with Crippen LogP contribution in [0, 0.1) is 0 Å². The Balaban J connectivity index is 2.19. The zero-order chi connectivity index (χ0) is 12.1. The van der Waals surface area contributed by atoms with Gasteiger partial charge in [0.15, 0.2) is 0 Å². The van der Waals surface area contributed by atoms with Gasteiger partial charge in [0, 0.05) is 11.9 Å². The Morgan fingerprint density at radius 1 is 0.882 bits per heavy atom. The van der Waals surface area contributed by atoms with Crippen molar-refractivity contribution in [1.29, 1.82) is 0 Å². The van der Waals surface area contributed by atoms with Crippen LogP contribution < -0.4 is 0 Å². The van der Waals surface area contributed by atoms with Gasteiger partial charge in [-0.05, 0) is 48.8 Å². The van der Waals surface area contributed by atoms with Gasteiger partial charge in [0.05, 0.1) is 0 Å². The molecule has 0 atom stereocenters. The average Bonchev–Trinajstić information content (AvgIpc) is 2.34. The van der Waals surface area contributed by atoms with E-state index in [0.29, 0.717) is 5.92 Å². The number of rotatable bonds is 1. The van der Waals surface area contributed by atoms with Crippen molar-refractivity contribution in [2.75, 3.05) is 0 Å². The minimum atomic E-state index is 0.552. The standard InChI is InChI=1S/C16H25N/c1-13(2)16-11-14-9-7-5-3-4-6-8-10-15(14)12-17-16/h11-13H,3-10H2,1-2H3. The summed E-state index contributed by atoms with van der Waals surface area (Å²) in [5.41, 5.74) is 4.35. The van der Waals surface area contributed by atoms with E-state index < -0.39 is 0 Å². The molecule has 17 heavy (non-hydrogen) atoms. The molecule has 1 aliphatic carbocycles. The smallest absolute Gasteiger partial charge is 0.0431 e. The van der Waals surface area contributed by atoms with Crippen molar-refractivity contribution >= 4 is 0 Å². The topological polar surface area (TPSA) is 12.9 Å². The van der Waals surface area contributed by atoms with E-state index >= 15 is 0 Å². The molecule has 1 aliphatic rings. The summed E-state index contributed by atoms with van der Waals surface area (Å²) in [5.74, 6) is 0.552. The molecule has 0 fully saturated rings. The second kappa shape index (κ2) is 6.18. The molecule has 0 radical (unpaired) electrons. The SMILES string of the molecule is CC(C)c1cc2c(cn1)CCCCCCCC2. The first-order valence-corrected chi connectivity index (χ1v) is 7.25. The summed E-state index contributed by atoms with van der Waals surface area (Å²) in [5, 5.41) is 0. The zero-order valence-corrected chi connectivity index (χ0v) is 11.3. The van der Waals surface area contributed by atoms with E-state index in [2.05, 4.69) is 31.1 Å². The summed E-state index contributed by atoms with van der Waals surface area (Å²) in [4.78, 5) is 4.62. The van der Waals surface area contributed by atoms with Crippen molar-refractivity contribution in [2.24, 2.45) is 0 Å². The summed E-state index contributed by atoms with van der Waals surface area (Å²) in [6, 6.07) is 2.36. The fraction of sp³-hybridized carbons (Fsp3) is 0.688. The fourth-order valence-electron chi connectivity index (χ4n) is 2.66. The number of hydrogen-bond acceptors (Lipinski definition) is 1. The zero-order valence-electron chi connectivity index (χ0n) is 11.3. The third-order valence-corrected chi connectivity index (χ3v) is 3.84. The molecule has 1 nitrogen and oxygen atoms in total. The number of fused-ring (bicyclic) bond motifs is 1. The van der Waals surface area contributed by atoms with Gasteiger partial charge in [-0.1, -0.05) is 39.5 Å². The van der Waals surface area contributed by atoms with Gasteiger partial charge in [-0.15, -0.1) is 0 Å². The van der Waals surface area contributed by atoms with Crippen molar-refractivity contribution in [1.82, 2.24) is 4.98 Å². The molecule has 0 bridgehead atoms. The van der Waals surface area contributed by atoms with Crippen LogP contribution in [0.5, 0.6) is 0 Å². The predicted octanol–water partition coefficient (Wildman–Crippen LogP) is 4.64. The molecule has 0 saturated heterocycles. The molecule has 1 aromatic rings. The van der Waals surface area contributed by atoms with Crippen LogP contribution in [-0.4, -0.2) is 4.98 Å². The Labute approximate surface area is 106 Å². The molecular formula is C16H25N. The van der Waals surface area contributed by atoms with Gasteiger partial charge in [-0.2, -0.15) is 0 Å². The van der Waals surface area contributed by atoms with Crippen molar-refractivity contribution in [3.05, 3.63) is 29.1 Å². The molecule has 0 amide bonds. The van der Waals surface area contributed by atoms with Crippen LogP contribution >= 0.6 is 0 Å². The number of aryl methyl sites for hydroxylation is 2. The molecule has 94 valence electrons. The van der Waals surface area contributed by atoms with Gasteiger partial charge in [0.1, 0.15) is 0 Å². The Bertz CT molecular complexity index is 355. The van der Waals surface area contributed by atoms with E-state index in [1.165, 1.54) is 62.6 Å². The lowest BCUT2D eigenvalue weighted by Crippen LogP contribution is -2.02. The first-order chi connectivity index (χ1) is 8.27. The second-order valence-electron chi connectivity index (χ2n) is 5.65. The third-order valence-electron chi connectivity index (χ3n) is 3.84. The minimum absolute atomic E-state index is 0.552. The van der Waals surface area contributed by atoms with Gasteiger partial charge in [-0.25, -0.2) is 0 Å². The molecule has 0 N–H and O–H groups in total. The van der Waals surface area contributed by atoms with Crippen molar-refractivity contribution in [3.8, 4) is 0 Å². The Hall–Kier alpha value is -0.850. The maximum atomic E-state index is 4.62. The molecule has 1 heteroatoms. The van der Waals surface area contributed by atoms with Crippen LogP contribution in [0.25, 0.3) is 0 Å². The van der Waals surface area contributed by atoms with Gasteiger partial charge >= 0.3 is 0 Å². The van der Waals surface area contributed by atoms with E-state index in [4.69, 9.17) is 0 Å². The highest BCUT2D eigenvalue weighted by atomic mass is 14.7. The van der Waals surface area contributed by atoms with E-state index in [1.54, 1.807) is 5.56 Å². The monoisotopic (exact) mass is 231 g/mol. The van der Waals surface area contributed by atoms with Gasteiger partial charge in [0.2, 0.25) is 0 Å². The summed E-state index contributed by atoms with van der Waals surface area (Å²) >= 11 is 0. The Kier molecular flexibility index (Phi) is 4.58. The molecule has 0 saturated carbocycles. The molecule has 0 unspecified atom stereocenters. The predicted molar refractivity (Wildman–Crippen MR) is 73.4 cm³/mol. The highest BCUT2D eigenvalue weighted by Gasteiger charge is 2.09. The molecule has 1 aromatic heterocycles. The second-order valence-corrected chi connectivity index (χ2v) is 5.65. The van der Waals surface area contributed by atoms with Crippen molar-refractivity contribution in [3.63, 3.8) is 0 Å². The highest BCUT2D eigenvalue weighted by molar-refractivity contribution is 5.28. The summed E-state index contributed by atoms with van der Waals surface area (Å²) < 4.78 is 0. The summed E-state index contributed by atoms with van der Waals surface area (Å²) in [6.07, 6.45) is 13.0. The van der Waals surface area contributed by atoms with Crippen LogP contribution in [0.15, 0.2) is 12.3 Å². The number of pyridine rings is 1. The van der Waals surface area contributed by atoms with E-state index in [-0.39, 0.29) is 0 Å². The van der Waals surface area contributed by atoms with Gasteiger partial charge in [-0.3, -0.25) is 4.98 Å². The van der Waals surface area contributed by atoms with Crippen LogP contribution in [0.2, 0.25) is 0 Å². The number of nitrogens with zero attached hydrogens (tertiary/aromatic N) is 1. The molecular weight excluding hydrogens is 206 g/mol. The highest BCUT2D eigenvalue weighted by Crippen LogP contribution is 2.22. The Morgan fingerprint density at radius 3 is 2.12 bits per heavy atom. The largest absolute Gasteiger partial charge is 0.261 e. The van der Waals surface area contributed by atoms with Crippen LogP contribution in [0.1, 0.15) is 75.1 Å². The van der Waals surface area contributed by atoms with Gasteiger partial charge < -0.3 is 0 Å². The number of hydrogen-bond donors (Lipinski definition) is 0. The molecule has 0 aliphatic heterocycles.